The highest BCUT2D eigenvalue weighted by molar-refractivity contribution is 5.28. The standard InChI is InChI=1S/C16H18O2/c1-2-13-7-6-10-15(11-13)18-12-16(17)14-8-4-3-5-9-14/h3-11,16-17H,2,12H2,1H3. The third-order valence-corrected chi connectivity index (χ3v) is 2.90. The second-order valence-electron chi connectivity index (χ2n) is 4.24. The summed E-state index contributed by atoms with van der Waals surface area (Å²) in [5.74, 6) is 0.810. The van der Waals surface area contributed by atoms with E-state index < -0.39 is 6.10 Å². The average Bonchev–Trinajstić information content (AvgIpc) is 2.46. The summed E-state index contributed by atoms with van der Waals surface area (Å²) in [7, 11) is 0. The minimum Gasteiger partial charge on any atom is -0.491 e. The van der Waals surface area contributed by atoms with E-state index in [1.807, 2.05) is 48.5 Å². The van der Waals surface area contributed by atoms with Gasteiger partial charge in [-0.3, -0.25) is 0 Å². The number of ether oxygens (including phenoxy) is 1. The van der Waals surface area contributed by atoms with E-state index in [-0.39, 0.29) is 6.61 Å². The molecule has 18 heavy (non-hydrogen) atoms. The Balaban J connectivity index is 1.95. The molecule has 1 N–H and O–H groups in total. The van der Waals surface area contributed by atoms with Crippen LogP contribution in [0, 0.1) is 0 Å². The van der Waals surface area contributed by atoms with Crippen LogP contribution in [0.5, 0.6) is 5.75 Å². The lowest BCUT2D eigenvalue weighted by Crippen LogP contribution is -2.09. The molecule has 0 bridgehead atoms. The normalized spacial score (nSPS) is 12.1. The van der Waals surface area contributed by atoms with Crippen LogP contribution in [-0.2, 0) is 6.42 Å². The summed E-state index contributed by atoms with van der Waals surface area (Å²) >= 11 is 0. The molecular weight excluding hydrogens is 224 g/mol. The van der Waals surface area contributed by atoms with Crippen molar-refractivity contribution in [1.82, 2.24) is 0 Å². The molecular formula is C16H18O2. The van der Waals surface area contributed by atoms with Crippen molar-refractivity contribution >= 4 is 0 Å². The largest absolute Gasteiger partial charge is 0.491 e. The summed E-state index contributed by atoms with van der Waals surface area (Å²) in [4.78, 5) is 0. The SMILES string of the molecule is CCc1cccc(OCC(O)c2ccccc2)c1. The maximum absolute atomic E-state index is 9.98. The number of hydrogen-bond acceptors (Lipinski definition) is 2. The molecule has 0 amide bonds. The topological polar surface area (TPSA) is 29.5 Å². The van der Waals surface area contributed by atoms with Gasteiger partial charge in [-0.1, -0.05) is 49.4 Å². The molecule has 0 aliphatic heterocycles. The monoisotopic (exact) mass is 242 g/mol. The highest BCUT2D eigenvalue weighted by atomic mass is 16.5. The zero-order valence-corrected chi connectivity index (χ0v) is 10.5. The Labute approximate surface area is 108 Å². The van der Waals surface area contributed by atoms with Crippen molar-refractivity contribution in [3.63, 3.8) is 0 Å². The predicted octanol–water partition coefficient (Wildman–Crippen LogP) is 3.36. The van der Waals surface area contributed by atoms with Crippen LogP contribution < -0.4 is 4.74 Å². The first kappa shape index (κ1) is 12.7. The second-order valence-corrected chi connectivity index (χ2v) is 4.24. The van der Waals surface area contributed by atoms with Crippen LogP contribution in [0.2, 0.25) is 0 Å². The molecule has 1 atom stereocenters. The predicted molar refractivity (Wildman–Crippen MR) is 72.7 cm³/mol. The van der Waals surface area contributed by atoms with E-state index in [4.69, 9.17) is 4.74 Å². The Morgan fingerprint density at radius 2 is 1.83 bits per heavy atom. The minimum atomic E-state index is -0.587. The van der Waals surface area contributed by atoms with Crippen LogP contribution in [0.15, 0.2) is 54.6 Å². The quantitative estimate of drug-likeness (QED) is 0.871. The first-order valence-electron chi connectivity index (χ1n) is 6.24. The van der Waals surface area contributed by atoms with Gasteiger partial charge in [0.2, 0.25) is 0 Å². The number of rotatable bonds is 5. The first-order chi connectivity index (χ1) is 8.79. The van der Waals surface area contributed by atoms with E-state index in [2.05, 4.69) is 13.0 Å². The number of aliphatic hydroxyl groups is 1. The highest BCUT2D eigenvalue weighted by Gasteiger charge is 2.07. The average molecular weight is 242 g/mol. The summed E-state index contributed by atoms with van der Waals surface area (Å²) in [6, 6.07) is 17.5. The zero-order valence-electron chi connectivity index (χ0n) is 10.5. The van der Waals surface area contributed by atoms with Gasteiger partial charge in [0.25, 0.3) is 0 Å². The lowest BCUT2D eigenvalue weighted by molar-refractivity contribution is 0.108. The third kappa shape index (κ3) is 3.34. The molecule has 0 saturated heterocycles. The molecule has 2 nitrogen and oxygen atoms in total. The molecule has 0 radical (unpaired) electrons. The Morgan fingerprint density at radius 3 is 2.56 bits per heavy atom. The van der Waals surface area contributed by atoms with Crippen LogP contribution in [-0.4, -0.2) is 11.7 Å². The molecule has 0 fully saturated rings. The first-order valence-corrected chi connectivity index (χ1v) is 6.24. The second kappa shape index (κ2) is 6.22. The number of aliphatic hydroxyl groups excluding tert-OH is 1. The molecule has 0 aromatic heterocycles. The fourth-order valence-electron chi connectivity index (χ4n) is 1.80. The smallest absolute Gasteiger partial charge is 0.119 e. The van der Waals surface area contributed by atoms with Crippen LogP contribution in [0.3, 0.4) is 0 Å². The molecule has 0 aliphatic rings. The Kier molecular flexibility index (Phi) is 4.37. The Hall–Kier alpha value is -1.80. The highest BCUT2D eigenvalue weighted by Crippen LogP contribution is 2.17. The van der Waals surface area contributed by atoms with E-state index in [0.29, 0.717) is 0 Å². The lowest BCUT2D eigenvalue weighted by atomic mass is 10.1. The molecule has 94 valence electrons. The summed E-state index contributed by atoms with van der Waals surface area (Å²) in [6.07, 6.45) is 0.398. The van der Waals surface area contributed by atoms with Gasteiger partial charge in [-0.15, -0.1) is 0 Å². The van der Waals surface area contributed by atoms with E-state index in [0.717, 1.165) is 17.7 Å². The van der Waals surface area contributed by atoms with Crippen LogP contribution in [0.25, 0.3) is 0 Å². The third-order valence-electron chi connectivity index (χ3n) is 2.90. The van der Waals surface area contributed by atoms with Crippen molar-refractivity contribution in [3.05, 3.63) is 65.7 Å². The summed E-state index contributed by atoms with van der Waals surface area (Å²) in [5.41, 5.74) is 2.12. The summed E-state index contributed by atoms with van der Waals surface area (Å²) in [6.45, 7) is 2.38. The molecule has 2 aromatic carbocycles. The van der Waals surface area contributed by atoms with Crippen molar-refractivity contribution in [2.24, 2.45) is 0 Å². The van der Waals surface area contributed by atoms with Crippen molar-refractivity contribution < 1.29 is 9.84 Å². The summed E-state index contributed by atoms with van der Waals surface area (Å²) < 4.78 is 5.61. The molecule has 1 unspecified atom stereocenters. The fourth-order valence-corrected chi connectivity index (χ4v) is 1.80. The Morgan fingerprint density at radius 1 is 1.06 bits per heavy atom. The number of aryl methyl sites for hydroxylation is 1. The molecule has 0 aliphatic carbocycles. The van der Waals surface area contributed by atoms with E-state index in [1.54, 1.807) is 0 Å². The van der Waals surface area contributed by atoms with Gasteiger partial charge in [-0.25, -0.2) is 0 Å². The van der Waals surface area contributed by atoms with Crippen LogP contribution in [0.1, 0.15) is 24.2 Å². The maximum atomic E-state index is 9.98. The van der Waals surface area contributed by atoms with Crippen LogP contribution in [0.4, 0.5) is 0 Å². The summed E-state index contributed by atoms with van der Waals surface area (Å²) in [5, 5.41) is 9.98. The van der Waals surface area contributed by atoms with Crippen molar-refractivity contribution in [3.8, 4) is 5.75 Å². The van der Waals surface area contributed by atoms with E-state index in [9.17, 15) is 5.11 Å². The van der Waals surface area contributed by atoms with Crippen LogP contribution >= 0.6 is 0 Å². The van der Waals surface area contributed by atoms with Gasteiger partial charge < -0.3 is 9.84 Å². The van der Waals surface area contributed by atoms with Gasteiger partial charge in [0.05, 0.1) is 0 Å². The minimum absolute atomic E-state index is 0.275. The zero-order chi connectivity index (χ0) is 12.8. The Bertz CT molecular complexity index is 479. The van der Waals surface area contributed by atoms with Crippen molar-refractivity contribution in [2.45, 2.75) is 19.4 Å². The molecule has 0 saturated carbocycles. The van der Waals surface area contributed by atoms with E-state index >= 15 is 0 Å². The number of hydrogen-bond donors (Lipinski definition) is 1. The van der Waals surface area contributed by atoms with E-state index in [1.165, 1.54) is 5.56 Å². The molecule has 2 rings (SSSR count). The lowest BCUT2D eigenvalue weighted by Gasteiger charge is -2.13. The molecule has 0 heterocycles. The van der Waals surface area contributed by atoms with Gasteiger partial charge in [0.1, 0.15) is 18.5 Å². The van der Waals surface area contributed by atoms with Crippen molar-refractivity contribution in [1.29, 1.82) is 0 Å². The van der Waals surface area contributed by atoms with Crippen molar-refractivity contribution in [2.75, 3.05) is 6.61 Å². The molecule has 2 heteroatoms. The molecule has 0 spiro atoms. The van der Waals surface area contributed by atoms with Gasteiger partial charge >= 0.3 is 0 Å². The fraction of sp³-hybridized carbons (Fsp3) is 0.250. The van der Waals surface area contributed by atoms with Gasteiger partial charge in [0.15, 0.2) is 0 Å². The maximum Gasteiger partial charge on any atom is 0.119 e. The number of benzene rings is 2. The van der Waals surface area contributed by atoms with Gasteiger partial charge in [-0.2, -0.15) is 0 Å². The van der Waals surface area contributed by atoms with Gasteiger partial charge in [-0.05, 0) is 29.7 Å². The van der Waals surface area contributed by atoms with Gasteiger partial charge in [0, 0.05) is 0 Å². The molecule has 2 aromatic rings.